The zero-order chi connectivity index (χ0) is 16.3. The maximum absolute atomic E-state index is 12.6. The number of benzene rings is 1. The molecule has 2 rings (SSSR count). The standard InChI is InChI=1S/C17H25ClN2O2/c1-11-6-7-15(18)16(9-11)22-13(3)17(21)20-8-4-5-14(10-20)12(2)19/h6-7,9,12-14H,4-5,8,10,19H2,1-3H3. The lowest BCUT2D eigenvalue weighted by atomic mass is 9.92. The monoisotopic (exact) mass is 324 g/mol. The van der Waals surface area contributed by atoms with Crippen molar-refractivity contribution in [2.45, 2.75) is 45.8 Å². The molecule has 5 heteroatoms. The number of piperidine rings is 1. The molecule has 2 N–H and O–H groups in total. The molecule has 1 amide bonds. The first-order valence-electron chi connectivity index (χ1n) is 7.85. The highest BCUT2D eigenvalue weighted by Gasteiger charge is 2.29. The van der Waals surface area contributed by atoms with Gasteiger partial charge in [-0.25, -0.2) is 0 Å². The maximum Gasteiger partial charge on any atom is 0.263 e. The average molecular weight is 325 g/mol. The molecule has 1 saturated heterocycles. The van der Waals surface area contributed by atoms with Gasteiger partial charge in [-0.1, -0.05) is 17.7 Å². The molecule has 1 aliphatic heterocycles. The highest BCUT2D eigenvalue weighted by atomic mass is 35.5. The van der Waals surface area contributed by atoms with Crippen LogP contribution in [0.15, 0.2) is 18.2 Å². The number of aryl methyl sites for hydroxylation is 1. The molecule has 1 aromatic carbocycles. The van der Waals surface area contributed by atoms with E-state index in [1.165, 1.54) is 0 Å². The summed E-state index contributed by atoms with van der Waals surface area (Å²) in [5.74, 6) is 0.929. The Morgan fingerprint density at radius 3 is 2.86 bits per heavy atom. The van der Waals surface area contributed by atoms with Gasteiger partial charge in [0.15, 0.2) is 6.10 Å². The summed E-state index contributed by atoms with van der Waals surface area (Å²) < 4.78 is 5.78. The number of halogens is 1. The van der Waals surface area contributed by atoms with E-state index in [0.29, 0.717) is 23.2 Å². The number of carbonyl (C=O) groups is 1. The fourth-order valence-electron chi connectivity index (χ4n) is 2.84. The Hall–Kier alpha value is -1.26. The molecule has 1 fully saturated rings. The molecule has 1 heterocycles. The highest BCUT2D eigenvalue weighted by Crippen LogP contribution is 2.27. The molecule has 4 nitrogen and oxygen atoms in total. The van der Waals surface area contributed by atoms with Crippen molar-refractivity contribution in [3.8, 4) is 5.75 Å². The number of amides is 1. The van der Waals surface area contributed by atoms with Gasteiger partial charge in [-0.2, -0.15) is 0 Å². The van der Waals surface area contributed by atoms with Gasteiger partial charge in [0.05, 0.1) is 5.02 Å². The second-order valence-electron chi connectivity index (χ2n) is 6.24. The molecule has 1 aliphatic rings. The fraction of sp³-hybridized carbons (Fsp3) is 0.588. The SMILES string of the molecule is Cc1ccc(Cl)c(OC(C)C(=O)N2CCCC(C(C)N)C2)c1. The first kappa shape index (κ1) is 17.1. The first-order valence-corrected chi connectivity index (χ1v) is 8.23. The van der Waals surface area contributed by atoms with Crippen molar-refractivity contribution in [3.63, 3.8) is 0 Å². The number of ether oxygens (including phenoxy) is 1. The Morgan fingerprint density at radius 1 is 1.45 bits per heavy atom. The lowest BCUT2D eigenvalue weighted by Gasteiger charge is -2.35. The zero-order valence-corrected chi connectivity index (χ0v) is 14.3. The first-order chi connectivity index (χ1) is 10.4. The highest BCUT2D eigenvalue weighted by molar-refractivity contribution is 6.32. The van der Waals surface area contributed by atoms with Gasteiger partial charge < -0.3 is 15.4 Å². The van der Waals surface area contributed by atoms with Crippen LogP contribution in [-0.4, -0.2) is 36.0 Å². The second kappa shape index (κ2) is 7.34. The van der Waals surface area contributed by atoms with E-state index in [4.69, 9.17) is 22.1 Å². The Kier molecular flexibility index (Phi) is 5.70. The lowest BCUT2D eigenvalue weighted by molar-refractivity contribution is -0.139. The minimum atomic E-state index is -0.550. The summed E-state index contributed by atoms with van der Waals surface area (Å²) in [5, 5.41) is 0.525. The van der Waals surface area contributed by atoms with Crippen LogP contribution in [-0.2, 0) is 4.79 Å². The van der Waals surface area contributed by atoms with Gasteiger partial charge in [0.25, 0.3) is 5.91 Å². The number of carbonyl (C=O) groups excluding carboxylic acids is 1. The predicted octanol–water partition coefficient (Wildman–Crippen LogP) is 3.00. The van der Waals surface area contributed by atoms with Crippen LogP contribution < -0.4 is 10.5 Å². The van der Waals surface area contributed by atoms with E-state index in [0.717, 1.165) is 24.9 Å². The largest absolute Gasteiger partial charge is 0.479 e. The van der Waals surface area contributed by atoms with Crippen LogP contribution in [0.1, 0.15) is 32.3 Å². The summed E-state index contributed by atoms with van der Waals surface area (Å²) in [6.07, 6.45) is 1.53. The lowest BCUT2D eigenvalue weighted by Crippen LogP contribution is -2.48. The van der Waals surface area contributed by atoms with Crippen LogP contribution in [0.5, 0.6) is 5.75 Å². The van der Waals surface area contributed by atoms with Crippen LogP contribution in [0.4, 0.5) is 0 Å². The van der Waals surface area contributed by atoms with Gasteiger partial charge >= 0.3 is 0 Å². The minimum Gasteiger partial charge on any atom is -0.479 e. The van der Waals surface area contributed by atoms with Crippen molar-refractivity contribution in [2.24, 2.45) is 11.7 Å². The number of nitrogens with zero attached hydrogens (tertiary/aromatic N) is 1. The van der Waals surface area contributed by atoms with E-state index in [1.54, 1.807) is 13.0 Å². The molecule has 0 aliphatic carbocycles. The van der Waals surface area contributed by atoms with Crippen molar-refractivity contribution >= 4 is 17.5 Å². The number of rotatable bonds is 4. The summed E-state index contributed by atoms with van der Waals surface area (Å²) in [4.78, 5) is 14.5. The Labute approximate surface area is 137 Å². The zero-order valence-electron chi connectivity index (χ0n) is 13.5. The molecule has 0 radical (unpaired) electrons. The molecule has 0 bridgehead atoms. The third kappa shape index (κ3) is 4.14. The molecule has 0 spiro atoms. The minimum absolute atomic E-state index is 0.00271. The number of nitrogens with two attached hydrogens (primary N) is 1. The summed E-state index contributed by atoms with van der Waals surface area (Å²) in [7, 11) is 0. The van der Waals surface area contributed by atoms with Gasteiger partial charge in [-0.3, -0.25) is 4.79 Å². The van der Waals surface area contributed by atoms with E-state index >= 15 is 0 Å². The number of likely N-dealkylation sites (tertiary alicyclic amines) is 1. The van der Waals surface area contributed by atoms with E-state index in [9.17, 15) is 4.79 Å². The van der Waals surface area contributed by atoms with Gasteiger partial charge in [0, 0.05) is 19.1 Å². The van der Waals surface area contributed by atoms with Crippen molar-refractivity contribution in [2.75, 3.05) is 13.1 Å². The Bertz CT molecular complexity index is 533. The molecule has 22 heavy (non-hydrogen) atoms. The summed E-state index contributed by atoms with van der Waals surface area (Å²) in [6.45, 7) is 7.23. The van der Waals surface area contributed by atoms with Gasteiger partial charge in [0.1, 0.15) is 5.75 Å². The summed E-state index contributed by atoms with van der Waals surface area (Å²) in [6, 6.07) is 5.67. The second-order valence-corrected chi connectivity index (χ2v) is 6.65. The van der Waals surface area contributed by atoms with E-state index < -0.39 is 6.10 Å². The van der Waals surface area contributed by atoms with Gasteiger partial charge in [0.2, 0.25) is 0 Å². The van der Waals surface area contributed by atoms with Crippen molar-refractivity contribution in [1.29, 1.82) is 0 Å². The number of hydrogen-bond acceptors (Lipinski definition) is 3. The quantitative estimate of drug-likeness (QED) is 0.926. The van der Waals surface area contributed by atoms with Gasteiger partial charge in [-0.15, -0.1) is 0 Å². The van der Waals surface area contributed by atoms with Crippen molar-refractivity contribution in [1.82, 2.24) is 4.90 Å². The van der Waals surface area contributed by atoms with Crippen molar-refractivity contribution < 1.29 is 9.53 Å². The third-order valence-electron chi connectivity index (χ3n) is 4.25. The predicted molar refractivity (Wildman–Crippen MR) is 89.2 cm³/mol. The van der Waals surface area contributed by atoms with Crippen LogP contribution in [0.2, 0.25) is 5.02 Å². The van der Waals surface area contributed by atoms with Gasteiger partial charge in [-0.05, 0) is 57.2 Å². The van der Waals surface area contributed by atoms with Crippen LogP contribution in [0.25, 0.3) is 0 Å². The average Bonchev–Trinajstić information content (AvgIpc) is 2.50. The third-order valence-corrected chi connectivity index (χ3v) is 4.56. The number of hydrogen-bond donors (Lipinski definition) is 1. The maximum atomic E-state index is 12.6. The summed E-state index contributed by atoms with van der Waals surface area (Å²) in [5.41, 5.74) is 7.03. The normalized spacial score (nSPS) is 21.3. The molecule has 1 aromatic rings. The topological polar surface area (TPSA) is 55.6 Å². The van der Waals surface area contributed by atoms with Crippen molar-refractivity contribution in [3.05, 3.63) is 28.8 Å². The van der Waals surface area contributed by atoms with Crippen LogP contribution >= 0.6 is 11.6 Å². The van der Waals surface area contributed by atoms with Crippen LogP contribution in [0.3, 0.4) is 0 Å². The molecular weight excluding hydrogens is 300 g/mol. The molecule has 0 aromatic heterocycles. The molecule has 3 unspecified atom stereocenters. The molecule has 122 valence electrons. The Morgan fingerprint density at radius 2 is 2.18 bits per heavy atom. The van der Waals surface area contributed by atoms with E-state index in [2.05, 4.69) is 0 Å². The molecule has 0 saturated carbocycles. The van der Waals surface area contributed by atoms with E-state index in [-0.39, 0.29) is 11.9 Å². The smallest absolute Gasteiger partial charge is 0.263 e. The van der Waals surface area contributed by atoms with Crippen LogP contribution in [0, 0.1) is 12.8 Å². The van der Waals surface area contributed by atoms with E-state index in [1.807, 2.05) is 30.9 Å². The molecular formula is C17H25ClN2O2. The molecule has 3 atom stereocenters. The summed E-state index contributed by atoms with van der Waals surface area (Å²) >= 11 is 6.13. The Balaban J connectivity index is 2.01. The fourth-order valence-corrected chi connectivity index (χ4v) is 3.00.